The van der Waals surface area contributed by atoms with Gasteiger partial charge in [-0.1, -0.05) is 20.8 Å². The van der Waals surface area contributed by atoms with Gasteiger partial charge < -0.3 is 14.8 Å². The molecule has 1 aromatic rings. The fraction of sp³-hybridized carbons (Fsp3) is 0.619. The molecule has 0 saturated carbocycles. The molecule has 7 heteroatoms. The Morgan fingerprint density at radius 3 is 2.54 bits per heavy atom. The molecule has 5 nitrogen and oxygen atoms in total. The molecule has 1 amide bonds. The van der Waals surface area contributed by atoms with Crippen molar-refractivity contribution in [3.05, 3.63) is 28.6 Å². The van der Waals surface area contributed by atoms with E-state index in [0.717, 1.165) is 6.07 Å². The van der Waals surface area contributed by atoms with Crippen LogP contribution in [0.5, 0.6) is 0 Å². The zero-order valence-corrected chi connectivity index (χ0v) is 19.0. The lowest BCUT2D eigenvalue weighted by atomic mass is 9.75. The number of carbonyl (C=O) groups excluding carboxylic acids is 2. The Kier molecular flexibility index (Phi) is 6.24. The number of fused-ring (bicyclic) bond motifs is 1. The summed E-state index contributed by atoms with van der Waals surface area (Å²) in [5, 5.41) is 13.7. The van der Waals surface area contributed by atoms with Crippen LogP contribution in [0.3, 0.4) is 0 Å². The van der Waals surface area contributed by atoms with Gasteiger partial charge in [0, 0.05) is 25.5 Å². The SMILES string of the molecule is CC(=O)Nc1cc(F)c(C)c2c1C(=O)C(O)(CCO[Si](C)(C)C(C)(C)C)CC2. The minimum Gasteiger partial charge on any atom is -0.417 e. The number of hydrogen-bond donors (Lipinski definition) is 2. The van der Waals surface area contributed by atoms with Crippen LogP contribution in [0.25, 0.3) is 0 Å². The molecular formula is C21H32FNO4Si. The zero-order chi connectivity index (χ0) is 21.5. The summed E-state index contributed by atoms with van der Waals surface area (Å²) < 4.78 is 20.4. The second-order valence-electron chi connectivity index (χ2n) is 9.29. The number of benzene rings is 1. The van der Waals surface area contributed by atoms with Gasteiger partial charge in [-0.25, -0.2) is 4.39 Å². The molecule has 0 bridgehead atoms. The van der Waals surface area contributed by atoms with Crippen LogP contribution in [-0.2, 0) is 15.6 Å². The van der Waals surface area contributed by atoms with Crippen molar-refractivity contribution in [2.24, 2.45) is 0 Å². The fourth-order valence-corrected chi connectivity index (χ4v) is 4.31. The summed E-state index contributed by atoms with van der Waals surface area (Å²) in [5.74, 6) is -1.34. The Morgan fingerprint density at radius 2 is 2.00 bits per heavy atom. The number of hydrogen-bond acceptors (Lipinski definition) is 4. The minimum absolute atomic E-state index is 0.0337. The lowest BCUT2D eigenvalue weighted by molar-refractivity contribution is -0.114. The monoisotopic (exact) mass is 409 g/mol. The standard InChI is InChI=1S/C21H32FNO4Si/c1-13-15-8-9-21(26,10-11-27-28(6,7)20(3,4)5)19(25)18(15)17(12-16(13)22)23-14(2)24/h12,26H,8-11H2,1-7H3,(H,23,24). The quantitative estimate of drug-likeness (QED) is 0.708. The molecule has 0 saturated heterocycles. The number of aliphatic hydroxyl groups is 1. The number of amides is 1. The van der Waals surface area contributed by atoms with E-state index in [0.29, 0.717) is 17.5 Å². The predicted molar refractivity (Wildman–Crippen MR) is 111 cm³/mol. The van der Waals surface area contributed by atoms with Gasteiger partial charge in [0.1, 0.15) is 11.4 Å². The summed E-state index contributed by atoms with van der Waals surface area (Å²) in [4.78, 5) is 24.7. The van der Waals surface area contributed by atoms with Crippen molar-refractivity contribution in [3.63, 3.8) is 0 Å². The Bertz CT molecular complexity index is 801. The highest BCUT2D eigenvalue weighted by molar-refractivity contribution is 6.74. The van der Waals surface area contributed by atoms with Gasteiger partial charge in [-0.3, -0.25) is 9.59 Å². The molecule has 0 fully saturated rings. The van der Waals surface area contributed by atoms with Crippen molar-refractivity contribution < 1.29 is 23.5 Å². The molecule has 1 aliphatic carbocycles. The number of halogens is 1. The molecule has 1 atom stereocenters. The third kappa shape index (κ3) is 4.36. The summed E-state index contributed by atoms with van der Waals surface area (Å²) in [6.07, 6.45) is 0.755. The summed E-state index contributed by atoms with van der Waals surface area (Å²) in [6, 6.07) is 1.16. The Labute approximate surface area is 167 Å². The average Bonchev–Trinajstić information content (AvgIpc) is 2.53. The summed E-state index contributed by atoms with van der Waals surface area (Å²) in [7, 11) is -1.99. The van der Waals surface area contributed by atoms with Crippen LogP contribution in [0.15, 0.2) is 6.07 Å². The van der Waals surface area contributed by atoms with Gasteiger partial charge in [-0.05, 0) is 55.1 Å². The Morgan fingerprint density at radius 1 is 1.39 bits per heavy atom. The fourth-order valence-electron chi connectivity index (χ4n) is 3.27. The number of carbonyl (C=O) groups is 2. The third-order valence-corrected chi connectivity index (χ3v) is 10.7. The van der Waals surface area contributed by atoms with Crippen molar-refractivity contribution in [1.29, 1.82) is 0 Å². The smallest absolute Gasteiger partial charge is 0.221 e. The van der Waals surface area contributed by atoms with Crippen LogP contribution in [0.1, 0.15) is 62.0 Å². The molecule has 0 heterocycles. The second kappa shape index (κ2) is 7.69. The van der Waals surface area contributed by atoms with E-state index in [2.05, 4.69) is 39.2 Å². The first kappa shape index (κ1) is 22.7. The van der Waals surface area contributed by atoms with Crippen LogP contribution in [0, 0.1) is 12.7 Å². The van der Waals surface area contributed by atoms with Gasteiger partial charge in [-0.15, -0.1) is 0 Å². The van der Waals surface area contributed by atoms with E-state index in [1.165, 1.54) is 6.92 Å². The molecule has 0 spiro atoms. The number of nitrogens with one attached hydrogen (secondary N) is 1. The van der Waals surface area contributed by atoms with E-state index in [-0.39, 0.29) is 35.7 Å². The molecule has 0 radical (unpaired) electrons. The van der Waals surface area contributed by atoms with Crippen molar-refractivity contribution >= 4 is 25.7 Å². The van der Waals surface area contributed by atoms with E-state index in [1.807, 2.05) is 0 Å². The summed E-state index contributed by atoms with van der Waals surface area (Å²) in [5.41, 5.74) is -0.290. The van der Waals surface area contributed by atoms with Crippen LogP contribution in [0.4, 0.5) is 10.1 Å². The van der Waals surface area contributed by atoms with Crippen molar-refractivity contribution in [2.45, 2.75) is 77.6 Å². The molecule has 156 valence electrons. The maximum Gasteiger partial charge on any atom is 0.221 e. The Balaban J connectivity index is 2.30. The third-order valence-electron chi connectivity index (χ3n) is 6.19. The van der Waals surface area contributed by atoms with Crippen molar-refractivity contribution in [1.82, 2.24) is 0 Å². The molecule has 1 aromatic carbocycles. The largest absolute Gasteiger partial charge is 0.417 e. The van der Waals surface area contributed by atoms with E-state index in [1.54, 1.807) is 6.92 Å². The van der Waals surface area contributed by atoms with E-state index < -0.39 is 31.4 Å². The predicted octanol–water partition coefficient (Wildman–Crippen LogP) is 4.36. The molecule has 1 unspecified atom stereocenters. The topological polar surface area (TPSA) is 75.6 Å². The van der Waals surface area contributed by atoms with Crippen LogP contribution in [-0.4, -0.2) is 37.3 Å². The lowest BCUT2D eigenvalue weighted by Gasteiger charge is -2.38. The molecule has 2 N–H and O–H groups in total. The minimum atomic E-state index is -1.99. The summed E-state index contributed by atoms with van der Waals surface area (Å²) >= 11 is 0. The van der Waals surface area contributed by atoms with E-state index in [9.17, 15) is 19.1 Å². The highest BCUT2D eigenvalue weighted by Crippen LogP contribution is 2.40. The normalized spacial score (nSPS) is 20.1. The molecule has 2 rings (SSSR count). The summed E-state index contributed by atoms with van der Waals surface area (Å²) in [6.45, 7) is 13.8. The number of Topliss-reactive ketones (excluding diaryl/α,β-unsaturated/α-hetero) is 1. The molecule has 0 aliphatic heterocycles. The lowest BCUT2D eigenvalue weighted by Crippen LogP contribution is -2.46. The van der Waals surface area contributed by atoms with Gasteiger partial charge >= 0.3 is 0 Å². The maximum atomic E-state index is 14.2. The highest BCUT2D eigenvalue weighted by atomic mass is 28.4. The first-order valence-electron chi connectivity index (χ1n) is 9.70. The number of rotatable bonds is 5. The van der Waals surface area contributed by atoms with E-state index >= 15 is 0 Å². The first-order chi connectivity index (χ1) is 12.7. The average molecular weight is 410 g/mol. The Hall–Kier alpha value is -1.57. The van der Waals surface area contributed by atoms with Crippen LogP contribution >= 0.6 is 0 Å². The van der Waals surface area contributed by atoms with Crippen molar-refractivity contribution in [2.75, 3.05) is 11.9 Å². The first-order valence-corrected chi connectivity index (χ1v) is 12.6. The maximum absolute atomic E-state index is 14.2. The van der Waals surface area contributed by atoms with Gasteiger partial charge in [0.05, 0.1) is 5.69 Å². The molecule has 0 aromatic heterocycles. The van der Waals surface area contributed by atoms with Crippen LogP contribution < -0.4 is 5.32 Å². The second-order valence-corrected chi connectivity index (χ2v) is 14.1. The van der Waals surface area contributed by atoms with Crippen LogP contribution in [0.2, 0.25) is 18.1 Å². The number of ketones is 1. The molecule has 1 aliphatic rings. The number of anilines is 1. The van der Waals surface area contributed by atoms with Gasteiger partial charge in [0.15, 0.2) is 14.1 Å². The van der Waals surface area contributed by atoms with Crippen molar-refractivity contribution in [3.8, 4) is 0 Å². The molecular weight excluding hydrogens is 377 g/mol. The van der Waals surface area contributed by atoms with Gasteiger partial charge in [-0.2, -0.15) is 0 Å². The zero-order valence-electron chi connectivity index (χ0n) is 18.0. The van der Waals surface area contributed by atoms with E-state index in [4.69, 9.17) is 4.43 Å². The molecule has 28 heavy (non-hydrogen) atoms. The highest BCUT2D eigenvalue weighted by Gasteiger charge is 2.44. The van der Waals surface area contributed by atoms with Gasteiger partial charge in [0.25, 0.3) is 0 Å². The van der Waals surface area contributed by atoms with Gasteiger partial charge in [0.2, 0.25) is 5.91 Å².